The number of esters is 1. The van der Waals surface area contributed by atoms with Gasteiger partial charge in [0.05, 0.1) is 32.4 Å². The van der Waals surface area contributed by atoms with Crippen LogP contribution in [-0.2, 0) is 22.5 Å². The molecule has 0 saturated heterocycles. The molecule has 1 aromatic carbocycles. The topological polar surface area (TPSA) is 105 Å². The minimum Gasteiger partial charge on any atom is -0.467 e. The Morgan fingerprint density at radius 2 is 1.97 bits per heavy atom. The SMILES string of the molecule is COC(=O)C(Cc1ccc(-c2cnn(CCN(C)C)c2)cc1)NC(=O)c1cnc[nH]1. The van der Waals surface area contributed by atoms with E-state index in [9.17, 15) is 9.59 Å². The van der Waals surface area contributed by atoms with Crippen molar-refractivity contribution in [1.82, 2.24) is 30.0 Å². The molecule has 2 heterocycles. The van der Waals surface area contributed by atoms with Gasteiger partial charge in [-0.25, -0.2) is 9.78 Å². The summed E-state index contributed by atoms with van der Waals surface area (Å²) < 4.78 is 6.76. The van der Waals surface area contributed by atoms with Crippen LogP contribution in [0.1, 0.15) is 16.1 Å². The normalized spacial score (nSPS) is 12.0. The number of aromatic amines is 1. The van der Waals surface area contributed by atoms with Gasteiger partial charge in [-0.15, -0.1) is 0 Å². The van der Waals surface area contributed by atoms with Crippen LogP contribution in [-0.4, -0.2) is 70.3 Å². The summed E-state index contributed by atoms with van der Waals surface area (Å²) in [4.78, 5) is 33.1. The van der Waals surface area contributed by atoms with Gasteiger partial charge in [-0.2, -0.15) is 5.10 Å². The number of likely N-dealkylation sites (N-methyl/N-ethyl adjacent to an activating group) is 1. The van der Waals surface area contributed by atoms with Gasteiger partial charge in [-0.1, -0.05) is 24.3 Å². The Labute approximate surface area is 175 Å². The Morgan fingerprint density at radius 3 is 2.60 bits per heavy atom. The van der Waals surface area contributed by atoms with E-state index in [1.54, 1.807) is 0 Å². The number of hydrogen-bond donors (Lipinski definition) is 2. The number of carbonyl (C=O) groups excluding carboxylic acids is 2. The van der Waals surface area contributed by atoms with Crippen molar-refractivity contribution in [2.24, 2.45) is 0 Å². The highest BCUT2D eigenvalue weighted by atomic mass is 16.5. The zero-order valence-electron chi connectivity index (χ0n) is 17.3. The molecule has 158 valence electrons. The van der Waals surface area contributed by atoms with Crippen molar-refractivity contribution in [3.63, 3.8) is 0 Å². The first-order chi connectivity index (χ1) is 14.5. The van der Waals surface area contributed by atoms with E-state index in [4.69, 9.17) is 4.74 Å². The Balaban J connectivity index is 1.66. The zero-order chi connectivity index (χ0) is 21.5. The van der Waals surface area contributed by atoms with Crippen molar-refractivity contribution in [2.75, 3.05) is 27.7 Å². The van der Waals surface area contributed by atoms with E-state index in [-0.39, 0.29) is 5.69 Å². The number of carbonyl (C=O) groups is 2. The van der Waals surface area contributed by atoms with E-state index >= 15 is 0 Å². The predicted molar refractivity (Wildman–Crippen MR) is 112 cm³/mol. The third kappa shape index (κ3) is 5.54. The first kappa shape index (κ1) is 21.3. The summed E-state index contributed by atoms with van der Waals surface area (Å²) in [6, 6.07) is 7.03. The van der Waals surface area contributed by atoms with Crippen LogP contribution in [0.4, 0.5) is 0 Å². The molecule has 0 spiro atoms. The molecule has 2 N–H and O–H groups in total. The maximum absolute atomic E-state index is 12.3. The number of amides is 1. The lowest BCUT2D eigenvalue weighted by molar-refractivity contribution is -0.142. The van der Waals surface area contributed by atoms with Crippen molar-refractivity contribution < 1.29 is 14.3 Å². The molecule has 1 amide bonds. The van der Waals surface area contributed by atoms with Gasteiger partial charge < -0.3 is 19.9 Å². The van der Waals surface area contributed by atoms with Gasteiger partial charge in [0.2, 0.25) is 0 Å². The molecule has 3 rings (SSSR count). The molecule has 0 aliphatic heterocycles. The fraction of sp³-hybridized carbons (Fsp3) is 0.333. The van der Waals surface area contributed by atoms with Crippen molar-refractivity contribution in [3.05, 3.63) is 60.4 Å². The summed E-state index contributed by atoms with van der Waals surface area (Å²) >= 11 is 0. The van der Waals surface area contributed by atoms with Crippen LogP contribution in [0.25, 0.3) is 11.1 Å². The summed E-state index contributed by atoms with van der Waals surface area (Å²) in [5.41, 5.74) is 3.24. The van der Waals surface area contributed by atoms with E-state index in [0.717, 1.165) is 29.8 Å². The second kappa shape index (κ2) is 9.84. The Kier molecular flexibility index (Phi) is 6.97. The molecule has 0 saturated carbocycles. The second-order valence-electron chi connectivity index (χ2n) is 7.21. The summed E-state index contributed by atoms with van der Waals surface area (Å²) in [7, 11) is 5.36. The molecular formula is C21H26N6O3. The van der Waals surface area contributed by atoms with Crippen molar-refractivity contribution in [1.29, 1.82) is 0 Å². The van der Waals surface area contributed by atoms with Gasteiger partial charge in [-0.3, -0.25) is 9.48 Å². The van der Waals surface area contributed by atoms with Crippen LogP contribution >= 0.6 is 0 Å². The Bertz CT molecular complexity index is 963. The number of H-pyrrole nitrogens is 1. The number of nitrogens with zero attached hydrogens (tertiary/aromatic N) is 4. The standard InChI is InChI=1S/C21H26N6O3/c1-26(2)8-9-27-13-17(11-24-27)16-6-4-15(5-7-16)10-18(21(29)30-3)25-20(28)19-12-22-14-23-19/h4-7,11-14,18H,8-10H2,1-3H3,(H,22,23)(H,25,28). The van der Waals surface area contributed by atoms with Gasteiger partial charge in [0, 0.05) is 24.7 Å². The molecule has 0 fully saturated rings. The van der Waals surface area contributed by atoms with Crippen LogP contribution in [0.2, 0.25) is 0 Å². The van der Waals surface area contributed by atoms with E-state index in [1.165, 1.54) is 19.6 Å². The van der Waals surface area contributed by atoms with Gasteiger partial charge >= 0.3 is 5.97 Å². The maximum Gasteiger partial charge on any atom is 0.328 e. The van der Waals surface area contributed by atoms with Crippen LogP contribution in [0.3, 0.4) is 0 Å². The summed E-state index contributed by atoms with van der Waals surface area (Å²) in [5.74, 6) is -0.918. The fourth-order valence-corrected chi connectivity index (χ4v) is 2.96. The van der Waals surface area contributed by atoms with Crippen LogP contribution in [0.5, 0.6) is 0 Å². The molecule has 0 aliphatic carbocycles. The number of benzene rings is 1. The number of rotatable bonds is 9. The second-order valence-corrected chi connectivity index (χ2v) is 7.21. The van der Waals surface area contributed by atoms with Crippen LogP contribution in [0, 0.1) is 0 Å². The van der Waals surface area contributed by atoms with Gasteiger partial charge in [0.25, 0.3) is 5.91 Å². The summed E-state index contributed by atoms with van der Waals surface area (Å²) in [6.45, 7) is 1.74. The Hall–Kier alpha value is -3.46. The monoisotopic (exact) mass is 410 g/mol. The average Bonchev–Trinajstić information content (AvgIpc) is 3.44. The third-order valence-corrected chi connectivity index (χ3v) is 4.67. The number of methoxy groups -OCH3 is 1. The quantitative estimate of drug-likeness (QED) is 0.516. The molecule has 1 unspecified atom stereocenters. The van der Waals surface area contributed by atoms with E-state index in [1.807, 2.05) is 55.4 Å². The minimum absolute atomic E-state index is 0.283. The molecule has 9 heteroatoms. The van der Waals surface area contributed by atoms with Crippen LogP contribution in [0.15, 0.2) is 49.2 Å². The largest absolute Gasteiger partial charge is 0.467 e. The first-order valence-corrected chi connectivity index (χ1v) is 9.60. The maximum atomic E-state index is 12.3. The number of ether oxygens (including phenoxy) is 1. The molecule has 2 aromatic heterocycles. The lowest BCUT2D eigenvalue weighted by Crippen LogP contribution is -2.43. The molecule has 1 atom stereocenters. The average molecular weight is 410 g/mol. The lowest BCUT2D eigenvalue weighted by Gasteiger charge is -2.16. The van der Waals surface area contributed by atoms with E-state index in [0.29, 0.717) is 6.42 Å². The highest BCUT2D eigenvalue weighted by Gasteiger charge is 2.23. The van der Waals surface area contributed by atoms with Gasteiger partial charge in [0.1, 0.15) is 11.7 Å². The van der Waals surface area contributed by atoms with Gasteiger partial charge in [0.15, 0.2) is 0 Å². The number of nitrogens with one attached hydrogen (secondary N) is 2. The molecule has 0 bridgehead atoms. The first-order valence-electron chi connectivity index (χ1n) is 9.60. The molecule has 3 aromatic rings. The molecule has 0 aliphatic rings. The number of aromatic nitrogens is 4. The molecule has 0 radical (unpaired) electrons. The van der Waals surface area contributed by atoms with Gasteiger partial charge in [-0.05, 0) is 25.2 Å². The predicted octanol–water partition coefficient (Wildman–Crippen LogP) is 1.35. The van der Waals surface area contributed by atoms with Crippen molar-refractivity contribution in [3.8, 4) is 11.1 Å². The summed E-state index contributed by atoms with van der Waals surface area (Å²) in [6.07, 6.45) is 6.97. The summed E-state index contributed by atoms with van der Waals surface area (Å²) in [5, 5.41) is 7.09. The third-order valence-electron chi connectivity index (χ3n) is 4.67. The molecule has 30 heavy (non-hydrogen) atoms. The Morgan fingerprint density at radius 1 is 1.20 bits per heavy atom. The zero-order valence-corrected chi connectivity index (χ0v) is 17.3. The highest BCUT2D eigenvalue weighted by molar-refractivity contribution is 5.95. The highest BCUT2D eigenvalue weighted by Crippen LogP contribution is 2.20. The minimum atomic E-state index is -0.801. The number of imidazole rings is 1. The van der Waals surface area contributed by atoms with E-state index in [2.05, 4.69) is 25.3 Å². The lowest BCUT2D eigenvalue weighted by atomic mass is 10.0. The smallest absolute Gasteiger partial charge is 0.328 e. The molecule has 9 nitrogen and oxygen atoms in total. The number of hydrogen-bond acceptors (Lipinski definition) is 6. The van der Waals surface area contributed by atoms with Crippen molar-refractivity contribution >= 4 is 11.9 Å². The molecular weight excluding hydrogens is 384 g/mol. The van der Waals surface area contributed by atoms with Crippen LogP contribution < -0.4 is 5.32 Å². The van der Waals surface area contributed by atoms with Crippen molar-refractivity contribution in [2.45, 2.75) is 19.0 Å². The fourth-order valence-electron chi connectivity index (χ4n) is 2.96. The van der Waals surface area contributed by atoms with E-state index < -0.39 is 17.9 Å².